The van der Waals surface area contributed by atoms with Crippen molar-refractivity contribution >= 4 is 22.5 Å². The van der Waals surface area contributed by atoms with Crippen LogP contribution >= 0.6 is 11.6 Å². The number of fused-ring (bicyclic) bond motifs is 1. The second-order valence-corrected chi connectivity index (χ2v) is 7.11. The van der Waals surface area contributed by atoms with E-state index in [1.54, 1.807) is 24.2 Å². The van der Waals surface area contributed by atoms with Crippen LogP contribution in [0.4, 0.5) is 0 Å². The van der Waals surface area contributed by atoms with E-state index in [9.17, 15) is 0 Å². The maximum absolute atomic E-state index is 6.39. The van der Waals surface area contributed by atoms with Crippen molar-refractivity contribution in [2.24, 2.45) is 0 Å². The number of ether oxygens (including phenoxy) is 2. The highest BCUT2D eigenvalue weighted by Gasteiger charge is 2.17. The van der Waals surface area contributed by atoms with Crippen molar-refractivity contribution in [3.05, 3.63) is 60.1 Å². The first-order chi connectivity index (χ1) is 15.2. The number of hydrogen-bond donors (Lipinski definition) is 1. The van der Waals surface area contributed by atoms with Crippen LogP contribution < -0.4 is 4.74 Å². The van der Waals surface area contributed by atoms with Crippen molar-refractivity contribution in [1.82, 2.24) is 30.1 Å². The molecule has 3 heterocycles. The van der Waals surface area contributed by atoms with Gasteiger partial charge in [0, 0.05) is 30.2 Å². The molecule has 0 saturated heterocycles. The van der Waals surface area contributed by atoms with Crippen LogP contribution in [-0.4, -0.2) is 50.4 Å². The molecule has 0 atom stereocenters. The first-order valence-electron chi connectivity index (χ1n) is 9.45. The number of benzene rings is 2. The monoisotopic (exact) mass is 436 g/mol. The van der Waals surface area contributed by atoms with Crippen molar-refractivity contribution in [2.45, 2.75) is 0 Å². The normalized spacial score (nSPS) is 11.3. The standard InChI is InChI=1S/C21H17ClN6O3/c1-29-6-7-30-19-10-18-15(8-16(19)22)21(26-25-18)20-9-17(27-31-20)13-2-4-14(5-3-13)28-12-23-11-24-28/h2-5,8-12H,6-7H2,1H3,(H,25,26). The Morgan fingerprint density at radius 1 is 1.13 bits per heavy atom. The Balaban J connectivity index is 1.42. The van der Waals surface area contributed by atoms with E-state index < -0.39 is 0 Å². The number of nitrogens with one attached hydrogen (secondary N) is 1. The Hall–Kier alpha value is -3.69. The van der Waals surface area contributed by atoms with Gasteiger partial charge in [0.05, 0.1) is 22.8 Å². The van der Waals surface area contributed by atoms with Gasteiger partial charge < -0.3 is 14.0 Å². The molecule has 0 saturated carbocycles. The Morgan fingerprint density at radius 2 is 2.00 bits per heavy atom. The summed E-state index contributed by atoms with van der Waals surface area (Å²) in [7, 11) is 1.62. The molecular weight excluding hydrogens is 420 g/mol. The SMILES string of the molecule is COCCOc1cc2[nH]nc(-c3cc(-c4ccc(-n5cncn5)cc4)no3)c2cc1Cl. The van der Waals surface area contributed by atoms with E-state index in [2.05, 4.69) is 25.4 Å². The van der Waals surface area contributed by atoms with E-state index in [4.69, 9.17) is 25.6 Å². The molecule has 0 spiro atoms. The first kappa shape index (κ1) is 19.3. The van der Waals surface area contributed by atoms with Crippen molar-refractivity contribution in [1.29, 1.82) is 0 Å². The highest BCUT2D eigenvalue weighted by atomic mass is 35.5. The molecule has 0 fully saturated rings. The molecule has 0 amide bonds. The second-order valence-electron chi connectivity index (χ2n) is 6.71. The maximum Gasteiger partial charge on any atom is 0.188 e. The summed E-state index contributed by atoms with van der Waals surface area (Å²) in [5.74, 6) is 1.10. The minimum absolute atomic E-state index is 0.407. The predicted octanol–water partition coefficient (Wildman–Crippen LogP) is 4.14. The topological polar surface area (TPSA) is 104 Å². The maximum atomic E-state index is 6.39. The third kappa shape index (κ3) is 3.76. The number of aromatic nitrogens is 6. The molecule has 31 heavy (non-hydrogen) atoms. The molecule has 0 radical (unpaired) electrons. The molecule has 0 unspecified atom stereocenters. The molecule has 156 valence electrons. The molecule has 9 nitrogen and oxygen atoms in total. The van der Waals surface area contributed by atoms with Crippen LogP contribution in [0.25, 0.3) is 39.3 Å². The van der Waals surface area contributed by atoms with Gasteiger partial charge in [0.2, 0.25) is 0 Å². The first-order valence-corrected chi connectivity index (χ1v) is 9.82. The molecular formula is C21H17ClN6O3. The summed E-state index contributed by atoms with van der Waals surface area (Å²) in [5.41, 5.74) is 3.91. The van der Waals surface area contributed by atoms with Gasteiger partial charge in [0.15, 0.2) is 5.76 Å². The van der Waals surface area contributed by atoms with Crippen molar-refractivity contribution in [3.63, 3.8) is 0 Å². The summed E-state index contributed by atoms with van der Waals surface area (Å²) in [5, 5.41) is 17.0. The molecule has 5 rings (SSSR count). The summed E-state index contributed by atoms with van der Waals surface area (Å²) in [6.45, 7) is 0.882. The fourth-order valence-corrected chi connectivity index (χ4v) is 3.42. The van der Waals surface area contributed by atoms with E-state index in [-0.39, 0.29) is 0 Å². The summed E-state index contributed by atoms with van der Waals surface area (Å²) in [6.07, 6.45) is 3.14. The minimum Gasteiger partial charge on any atom is -0.490 e. The second kappa shape index (κ2) is 8.21. The van der Waals surface area contributed by atoms with Gasteiger partial charge in [-0.1, -0.05) is 28.9 Å². The molecule has 0 aliphatic heterocycles. The van der Waals surface area contributed by atoms with E-state index in [1.165, 1.54) is 6.33 Å². The summed E-state index contributed by atoms with van der Waals surface area (Å²) < 4.78 is 17.9. The number of hydrogen-bond acceptors (Lipinski definition) is 7. The zero-order chi connectivity index (χ0) is 21.2. The van der Waals surface area contributed by atoms with Crippen LogP contribution in [0.3, 0.4) is 0 Å². The van der Waals surface area contributed by atoms with Gasteiger partial charge in [-0.05, 0) is 18.2 Å². The lowest BCUT2D eigenvalue weighted by molar-refractivity contribution is 0.146. The Kier molecular flexibility index (Phi) is 5.11. The summed E-state index contributed by atoms with van der Waals surface area (Å²) in [4.78, 5) is 3.96. The zero-order valence-corrected chi connectivity index (χ0v) is 17.2. The van der Waals surface area contributed by atoms with Gasteiger partial charge in [0.1, 0.15) is 36.4 Å². The largest absolute Gasteiger partial charge is 0.490 e. The lowest BCUT2D eigenvalue weighted by atomic mass is 10.1. The third-order valence-electron chi connectivity index (χ3n) is 4.75. The third-order valence-corrected chi connectivity index (χ3v) is 5.05. The Labute approximate surface area is 181 Å². The van der Waals surface area contributed by atoms with Crippen LogP contribution in [0.5, 0.6) is 5.75 Å². The van der Waals surface area contributed by atoms with Crippen molar-refractivity contribution in [3.8, 4) is 34.1 Å². The quantitative estimate of drug-likeness (QED) is 0.382. The number of methoxy groups -OCH3 is 1. The van der Waals surface area contributed by atoms with E-state index in [0.717, 1.165) is 22.2 Å². The number of nitrogens with zero attached hydrogens (tertiary/aromatic N) is 5. The van der Waals surface area contributed by atoms with E-state index >= 15 is 0 Å². The average molecular weight is 437 g/mol. The fourth-order valence-electron chi connectivity index (χ4n) is 3.20. The lowest BCUT2D eigenvalue weighted by Gasteiger charge is -2.07. The van der Waals surface area contributed by atoms with Crippen LogP contribution in [0.1, 0.15) is 0 Å². The van der Waals surface area contributed by atoms with E-state index in [0.29, 0.717) is 41.1 Å². The van der Waals surface area contributed by atoms with Crippen LogP contribution in [0.2, 0.25) is 5.02 Å². The van der Waals surface area contributed by atoms with Gasteiger partial charge in [0.25, 0.3) is 0 Å². The minimum atomic E-state index is 0.407. The van der Waals surface area contributed by atoms with E-state index in [1.807, 2.05) is 36.4 Å². The lowest BCUT2D eigenvalue weighted by Crippen LogP contribution is -2.04. The zero-order valence-electron chi connectivity index (χ0n) is 16.4. The Morgan fingerprint density at radius 3 is 2.77 bits per heavy atom. The molecule has 0 bridgehead atoms. The molecule has 10 heteroatoms. The van der Waals surface area contributed by atoms with Crippen LogP contribution in [0, 0.1) is 0 Å². The van der Waals surface area contributed by atoms with Gasteiger partial charge in [-0.15, -0.1) is 0 Å². The highest BCUT2D eigenvalue weighted by Crippen LogP contribution is 2.35. The van der Waals surface area contributed by atoms with Crippen molar-refractivity contribution in [2.75, 3.05) is 20.3 Å². The van der Waals surface area contributed by atoms with Crippen LogP contribution in [-0.2, 0) is 4.74 Å². The number of rotatable bonds is 7. The number of halogens is 1. The van der Waals surface area contributed by atoms with Gasteiger partial charge in [-0.3, -0.25) is 5.10 Å². The summed E-state index contributed by atoms with van der Waals surface area (Å²) in [6, 6.07) is 13.2. The Bertz CT molecular complexity index is 1310. The van der Waals surface area contributed by atoms with Crippen LogP contribution in [0.15, 0.2) is 59.6 Å². The highest BCUT2D eigenvalue weighted by molar-refractivity contribution is 6.33. The molecule has 0 aliphatic rings. The molecule has 1 N–H and O–H groups in total. The molecule has 5 aromatic rings. The average Bonchev–Trinajstić information content (AvgIpc) is 3.55. The van der Waals surface area contributed by atoms with Gasteiger partial charge in [-0.2, -0.15) is 10.2 Å². The predicted molar refractivity (Wildman–Crippen MR) is 114 cm³/mol. The fraction of sp³-hybridized carbons (Fsp3) is 0.143. The molecule has 2 aromatic carbocycles. The van der Waals surface area contributed by atoms with Crippen molar-refractivity contribution < 1.29 is 14.0 Å². The number of aromatic amines is 1. The molecule has 0 aliphatic carbocycles. The van der Waals surface area contributed by atoms with Gasteiger partial charge >= 0.3 is 0 Å². The van der Waals surface area contributed by atoms with Gasteiger partial charge in [-0.25, -0.2) is 9.67 Å². The smallest absolute Gasteiger partial charge is 0.188 e. The summed E-state index contributed by atoms with van der Waals surface area (Å²) >= 11 is 6.39. The number of H-pyrrole nitrogens is 1. The molecule has 3 aromatic heterocycles.